The Labute approximate surface area is 93.9 Å². The van der Waals surface area contributed by atoms with E-state index in [2.05, 4.69) is 9.89 Å². The summed E-state index contributed by atoms with van der Waals surface area (Å²) in [5.74, 6) is -0.684. The lowest BCUT2D eigenvalue weighted by atomic mass is 10.1. The number of rotatable bonds is 4. The number of methoxy groups -OCH3 is 1. The van der Waals surface area contributed by atoms with E-state index in [1.54, 1.807) is 6.92 Å². The monoisotopic (exact) mass is 228 g/mol. The fourth-order valence-electron chi connectivity index (χ4n) is 1.50. The van der Waals surface area contributed by atoms with E-state index in [1.807, 2.05) is 0 Å². The number of amides is 1. The van der Waals surface area contributed by atoms with Crippen LogP contribution in [0.1, 0.15) is 19.8 Å². The van der Waals surface area contributed by atoms with Crippen molar-refractivity contribution in [1.82, 2.24) is 4.90 Å². The molecule has 0 aromatic rings. The molecule has 0 heterocycles. The number of likely N-dealkylation sites (N-methyl/N-ethyl adjacent to an activating group) is 1. The first kappa shape index (κ1) is 12.5. The molecule has 16 heavy (non-hydrogen) atoms. The summed E-state index contributed by atoms with van der Waals surface area (Å²) in [6, 6.07) is -0.637. The molecule has 0 aromatic heterocycles. The molecule has 1 saturated carbocycles. The Morgan fingerprint density at radius 3 is 2.50 bits per heavy atom. The molecule has 1 atom stereocenters. The maximum atomic E-state index is 12.0. The smallest absolute Gasteiger partial charge is 0.328 e. The number of ether oxygens (including phenoxy) is 1. The zero-order valence-corrected chi connectivity index (χ0v) is 9.64. The van der Waals surface area contributed by atoms with Crippen molar-refractivity contribution in [1.29, 1.82) is 0 Å². The van der Waals surface area contributed by atoms with Crippen LogP contribution in [0, 0.1) is 5.41 Å². The highest BCUT2D eigenvalue weighted by atomic mass is 16.5. The molecule has 0 spiro atoms. The molecule has 0 aliphatic heterocycles. The first-order valence-corrected chi connectivity index (χ1v) is 5.02. The minimum absolute atomic E-state index is 0.219. The lowest BCUT2D eigenvalue weighted by Crippen LogP contribution is -2.45. The van der Waals surface area contributed by atoms with Gasteiger partial charge in [0, 0.05) is 7.05 Å². The van der Waals surface area contributed by atoms with Crippen molar-refractivity contribution in [2.75, 3.05) is 14.2 Å². The van der Waals surface area contributed by atoms with Crippen molar-refractivity contribution in [3.8, 4) is 0 Å². The highest BCUT2D eigenvalue weighted by Crippen LogP contribution is 2.45. The fourth-order valence-corrected chi connectivity index (χ4v) is 1.50. The largest absolute Gasteiger partial charge is 0.467 e. The molecule has 1 rings (SSSR count). The second-order valence-corrected chi connectivity index (χ2v) is 4.02. The summed E-state index contributed by atoms with van der Waals surface area (Å²) in [5.41, 5.74) is -0.716. The Balaban J connectivity index is 2.71. The molecule has 1 fully saturated rings. The highest BCUT2D eigenvalue weighted by Gasteiger charge is 2.51. The van der Waals surface area contributed by atoms with E-state index in [0.717, 1.165) is 0 Å². The van der Waals surface area contributed by atoms with Gasteiger partial charge in [-0.2, -0.15) is 0 Å². The minimum atomic E-state index is -0.716. The normalized spacial score (nSPS) is 19.2. The number of hydrogen-bond acceptors (Lipinski definition) is 5. The summed E-state index contributed by atoms with van der Waals surface area (Å²) in [5, 5.41) is 11.4. The maximum Gasteiger partial charge on any atom is 0.328 e. The standard InChI is InChI=1S/C10H16N2O4/c1-7(8(13)16-3)12(2)9(14)10(4-5-10)6-11-15/h6-7,15H,4-5H2,1-3H3/b11-6+/t7-/m1/s1. The van der Waals surface area contributed by atoms with Gasteiger partial charge in [-0.15, -0.1) is 5.16 Å². The predicted octanol–water partition coefficient (Wildman–Crippen LogP) is 0.246. The Bertz CT molecular complexity index is 323. The van der Waals surface area contributed by atoms with Crippen molar-refractivity contribution in [2.45, 2.75) is 25.8 Å². The fraction of sp³-hybridized carbons (Fsp3) is 0.700. The van der Waals surface area contributed by atoms with Crippen LogP contribution >= 0.6 is 0 Å². The lowest BCUT2D eigenvalue weighted by molar-refractivity contribution is -0.152. The first-order chi connectivity index (χ1) is 7.48. The molecule has 1 amide bonds. The van der Waals surface area contributed by atoms with Crippen LogP contribution in [0.3, 0.4) is 0 Å². The van der Waals surface area contributed by atoms with E-state index in [1.165, 1.54) is 25.3 Å². The Kier molecular flexibility index (Phi) is 3.51. The summed E-state index contributed by atoms with van der Waals surface area (Å²) in [6.07, 6.45) is 2.53. The third kappa shape index (κ3) is 2.15. The van der Waals surface area contributed by atoms with E-state index in [0.29, 0.717) is 12.8 Å². The molecule has 0 saturated heterocycles. The van der Waals surface area contributed by atoms with Crippen molar-refractivity contribution in [2.24, 2.45) is 10.6 Å². The summed E-state index contributed by atoms with van der Waals surface area (Å²) >= 11 is 0. The van der Waals surface area contributed by atoms with Gasteiger partial charge in [-0.05, 0) is 19.8 Å². The minimum Gasteiger partial charge on any atom is -0.467 e. The molecule has 6 nitrogen and oxygen atoms in total. The van der Waals surface area contributed by atoms with Crippen molar-refractivity contribution in [3.05, 3.63) is 0 Å². The van der Waals surface area contributed by atoms with Gasteiger partial charge in [0.05, 0.1) is 18.7 Å². The van der Waals surface area contributed by atoms with E-state index < -0.39 is 17.4 Å². The highest BCUT2D eigenvalue weighted by molar-refractivity contribution is 6.02. The van der Waals surface area contributed by atoms with Crippen molar-refractivity contribution < 1.29 is 19.5 Å². The van der Waals surface area contributed by atoms with Crippen LogP contribution in [0.25, 0.3) is 0 Å². The van der Waals surface area contributed by atoms with Gasteiger partial charge in [0.25, 0.3) is 0 Å². The van der Waals surface area contributed by atoms with Gasteiger partial charge in [0.15, 0.2) is 0 Å². The van der Waals surface area contributed by atoms with Crippen LogP contribution in [0.4, 0.5) is 0 Å². The lowest BCUT2D eigenvalue weighted by Gasteiger charge is -2.25. The van der Waals surface area contributed by atoms with Crippen LogP contribution < -0.4 is 0 Å². The van der Waals surface area contributed by atoms with Crippen LogP contribution in [-0.4, -0.2) is 48.4 Å². The Morgan fingerprint density at radius 1 is 1.56 bits per heavy atom. The van der Waals surface area contributed by atoms with Gasteiger partial charge in [-0.3, -0.25) is 4.79 Å². The number of nitrogens with zero attached hydrogens (tertiary/aromatic N) is 2. The van der Waals surface area contributed by atoms with Gasteiger partial charge in [-0.1, -0.05) is 0 Å². The molecule has 1 aliphatic carbocycles. The quantitative estimate of drug-likeness (QED) is 0.323. The first-order valence-electron chi connectivity index (χ1n) is 5.02. The van der Waals surface area contributed by atoms with Gasteiger partial charge < -0.3 is 14.8 Å². The molecule has 6 heteroatoms. The molecular weight excluding hydrogens is 212 g/mol. The van der Waals surface area contributed by atoms with E-state index >= 15 is 0 Å². The number of oxime groups is 1. The zero-order chi connectivity index (χ0) is 12.3. The molecule has 90 valence electrons. The van der Waals surface area contributed by atoms with Crippen LogP contribution in [0.5, 0.6) is 0 Å². The zero-order valence-electron chi connectivity index (χ0n) is 9.64. The van der Waals surface area contributed by atoms with Crippen LogP contribution in [0.15, 0.2) is 5.16 Å². The summed E-state index contributed by atoms with van der Waals surface area (Å²) in [6.45, 7) is 1.59. The molecule has 1 aliphatic rings. The average molecular weight is 228 g/mol. The predicted molar refractivity (Wildman–Crippen MR) is 56.2 cm³/mol. The topological polar surface area (TPSA) is 79.2 Å². The van der Waals surface area contributed by atoms with E-state index in [-0.39, 0.29) is 5.91 Å². The second kappa shape index (κ2) is 4.51. The molecule has 0 radical (unpaired) electrons. The van der Waals surface area contributed by atoms with E-state index in [9.17, 15) is 9.59 Å². The van der Waals surface area contributed by atoms with Crippen molar-refractivity contribution >= 4 is 18.1 Å². The molecule has 0 bridgehead atoms. The molecule has 0 aromatic carbocycles. The summed E-state index contributed by atoms with van der Waals surface area (Å²) < 4.78 is 4.56. The summed E-state index contributed by atoms with van der Waals surface area (Å²) in [7, 11) is 2.81. The maximum absolute atomic E-state index is 12.0. The second-order valence-electron chi connectivity index (χ2n) is 4.02. The number of carbonyl (C=O) groups excluding carboxylic acids is 2. The van der Waals surface area contributed by atoms with Gasteiger partial charge in [0.1, 0.15) is 6.04 Å². The number of carbonyl (C=O) groups is 2. The van der Waals surface area contributed by atoms with Crippen LogP contribution in [0.2, 0.25) is 0 Å². The number of hydrogen-bond donors (Lipinski definition) is 1. The Morgan fingerprint density at radius 2 is 2.12 bits per heavy atom. The molecule has 1 N–H and O–H groups in total. The number of esters is 1. The van der Waals surface area contributed by atoms with Crippen LogP contribution in [-0.2, 0) is 14.3 Å². The average Bonchev–Trinajstić information content (AvgIpc) is 3.06. The summed E-state index contributed by atoms with van der Waals surface area (Å²) in [4.78, 5) is 24.6. The van der Waals surface area contributed by atoms with E-state index in [4.69, 9.17) is 5.21 Å². The Hall–Kier alpha value is -1.59. The van der Waals surface area contributed by atoms with Gasteiger partial charge in [0.2, 0.25) is 5.91 Å². The van der Waals surface area contributed by atoms with Gasteiger partial charge in [-0.25, -0.2) is 4.79 Å². The SMILES string of the molecule is COC(=O)[C@@H](C)N(C)C(=O)C1(/C=N/O)CC1. The van der Waals surface area contributed by atoms with Crippen molar-refractivity contribution in [3.63, 3.8) is 0 Å². The molecule has 0 unspecified atom stereocenters. The third-order valence-electron chi connectivity index (χ3n) is 2.96. The van der Waals surface area contributed by atoms with Gasteiger partial charge >= 0.3 is 5.97 Å². The molecular formula is C10H16N2O4. The third-order valence-corrected chi connectivity index (χ3v) is 2.96.